The van der Waals surface area contributed by atoms with Crippen LogP contribution >= 0.6 is 0 Å². The van der Waals surface area contributed by atoms with E-state index < -0.39 is 0 Å². The van der Waals surface area contributed by atoms with Gasteiger partial charge in [-0.25, -0.2) is 19.9 Å². The molecular formula is C18H21N7. The molecule has 1 saturated carbocycles. The maximum absolute atomic E-state index is 9.24. The molecule has 7 nitrogen and oxygen atoms in total. The molecule has 2 aromatic heterocycles. The second kappa shape index (κ2) is 6.63. The summed E-state index contributed by atoms with van der Waals surface area (Å²) in [6.07, 6.45) is 9.43. The third-order valence-electron chi connectivity index (χ3n) is 4.94. The van der Waals surface area contributed by atoms with Crippen molar-refractivity contribution < 1.29 is 0 Å². The molecule has 0 atom stereocenters. The van der Waals surface area contributed by atoms with Crippen LogP contribution in [0.15, 0.2) is 24.8 Å². The molecular weight excluding hydrogens is 314 g/mol. The smallest absolute Gasteiger partial charge is 0.183 e. The molecule has 0 N–H and O–H groups in total. The Morgan fingerprint density at radius 3 is 2.44 bits per heavy atom. The predicted molar refractivity (Wildman–Crippen MR) is 94.3 cm³/mol. The van der Waals surface area contributed by atoms with Gasteiger partial charge in [-0.05, 0) is 32.6 Å². The van der Waals surface area contributed by atoms with Gasteiger partial charge in [-0.1, -0.05) is 0 Å². The lowest BCUT2D eigenvalue weighted by molar-refractivity contribution is 0.457. The molecule has 4 rings (SSSR count). The summed E-state index contributed by atoms with van der Waals surface area (Å²) in [5.74, 6) is 1.75. The summed E-state index contributed by atoms with van der Waals surface area (Å²) in [5.41, 5.74) is 1.41. The van der Waals surface area contributed by atoms with E-state index >= 15 is 0 Å². The molecule has 0 unspecified atom stereocenters. The Labute approximate surface area is 147 Å². The predicted octanol–water partition coefficient (Wildman–Crippen LogP) is 2.08. The van der Waals surface area contributed by atoms with Crippen LogP contribution in [0.5, 0.6) is 0 Å². The van der Waals surface area contributed by atoms with Crippen molar-refractivity contribution in [2.24, 2.45) is 0 Å². The Morgan fingerprint density at radius 1 is 1.04 bits per heavy atom. The lowest BCUT2D eigenvalue weighted by Gasteiger charge is -2.39. The van der Waals surface area contributed by atoms with E-state index in [1.54, 1.807) is 18.7 Å². The van der Waals surface area contributed by atoms with Crippen molar-refractivity contribution in [2.45, 2.75) is 44.7 Å². The quantitative estimate of drug-likeness (QED) is 0.846. The van der Waals surface area contributed by atoms with Gasteiger partial charge < -0.3 is 9.80 Å². The van der Waals surface area contributed by atoms with Crippen LogP contribution in [0.2, 0.25) is 0 Å². The third-order valence-corrected chi connectivity index (χ3v) is 4.94. The number of anilines is 2. The molecule has 1 aliphatic heterocycles. The fraction of sp³-hybridized carbons (Fsp3) is 0.500. The molecule has 25 heavy (non-hydrogen) atoms. The van der Waals surface area contributed by atoms with Crippen molar-refractivity contribution >= 4 is 11.6 Å². The minimum absolute atomic E-state index is 0.409. The lowest BCUT2D eigenvalue weighted by Crippen LogP contribution is -2.47. The fourth-order valence-electron chi connectivity index (χ4n) is 3.60. The van der Waals surface area contributed by atoms with E-state index in [1.165, 1.54) is 12.8 Å². The van der Waals surface area contributed by atoms with Crippen molar-refractivity contribution in [3.05, 3.63) is 36.2 Å². The number of aromatic nitrogens is 4. The SMILES string of the molecule is Cc1cc(N(C2CC2)C2CCN(c3nccnc3C#N)CC2)ncn1. The van der Waals surface area contributed by atoms with Crippen LogP contribution in [0.1, 0.15) is 37.1 Å². The first-order chi connectivity index (χ1) is 12.3. The normalized spacial score (nSPS) is 18.0. The number of piperidine rings is 1. The van der Waals surface area contributed by atoms with Crippen LogP contribution < -0.4 is 9.80 Å². The third kappa shape index (κ3) is 3.25. The highest BCUT2D eigenvalue weighted by molar-refractivity contribution is 5.50. The lowest BCUT2D eigenvalue weighted by atomic mass is 10.0. The van der Waals surface area contributed by atoms with Gasteiger partial charge >= 0.3 is 0 Å². The van der Waals surface area contributed by atoms with Crippen LogP contribution in [0.4, 0.5) is 11.6 Å². The summed E-state index contributed by atoms with van der Waals surface area (Å²) in [5, 5.41) is 9.24. The molecule has 7 heteroatoms. The van der Waals surface area contributed by atoms with Crippen LogP contribution in [-0.2, 0) is 0 Å². The summed E-state index contributed by atoms with van der Waals surface area (Å²) in [4.78, 5) is 21.9. The van der Waals surface area contributed by atoms with Crippen molar-refractivity contribution in [3.8, 4) is 6.07 Å². The molecule has 128 valence electrons. The van der Waals surface area contributed by atoms with Crippen molar-refractivity contribution in [1.29, 1.82) is 5.26 Å². The number of aryl methyl sites for hydroxylation is 1. The molecule has 0 spiro atoms. The highest BCUT2D eigenvalue weighted by Crippen LogP contribution is 2.35. The minimum atomic E-state index is 0.409. The summed E-state index contributed by atoms with van der Waals surface area (Å²) in [6, 6.07) is 5.31. The van der Waals surface area contributed by atoms with Gasteiger partial charge in [-0.3, -0.25) is 0 Å². The summed E-state index contributed by atoms with van der Waals surface area (Å²) < 4.78 is 0. The molecule has 0 radical (unpaired) electrons. The Balaban J connectivity index is 1.50. The van der Waals surface area contributed by atoms with Gasteiger partial charge in [0.2, 0.25) is 0 Å². The van der Waals surface area contributed by atoms with Gasteiger partial charge in [0.1, 0.15) is 18.2 Å². The topological polar surface area (TPSA) is 81.8 Å². The molecule has 0 amide bonds. The van der Waals surface area contributed by atoms with Crippen LogP contribution in [0, 0.1) is 18.3 Å². The van der Waals surface area contributed by atoms with Crippen molar-refractivity contribution in [1.82, 2.24) is 19.9 Å². The Bertz CT molecular complexity index is 788. The number of rotatable bonds is 4. The molecule has 0 bridgehead atoms. The van der Waals surface area contributed by atoms with E-state index in [9.17, 15) is 5.26 Å². The molecule has 2 aromatic rings. The molecule has 2 fully saturated rings. The summed E-state index contributed by atoms with van der Waals surface area (Å²) in [7, 11) is 0. The first-order valence-electron chi connectivity index (χ1n) is 8.79. The van der Waals surface area contributed by atoms with Crippen molar-refractivity contribution in [3.63, 3.8) is 0 Å². The second-order valence-corrected chi connectivity index (χ2v) is 6.71. The van der Waals surface area contributed by atoms with E-state index in [0.717, 1.165) is 37.4 Å². The standard InChI is InChI=1S/C18H21N7/c1-13-10-17(23-12-22-13)25(14-2-3-14)15-4-8-24(9-5-15)18-16(11-19)20-6-7-21-18/h6-7,10,12,14-15H,2-5,8-9H2,1H3. The maximum Gasteiger partial charge on any atom is 0.183 e. The fourth-order valence-corrected chi connectivity index (χ4v) is 3.60. The van der Waals surface area contributed by atoms with E-state index in [0.29, 0.717) is 23.6 Å². The van der Waals surface area contributed by atoms with Crippen LogP contribution in [0.3, 0.4) is 0 Å². The van der Waals surface area contributed by atoms with Gasteiger partial charge in [0.05, 0.1) is 0 Å². The number of nitrogens with zero attached hydrogens (tertiary/aromatic N) is 7. The van der Waals surface area contributed by atoms with Crippen LogP contribution in [-0.4, -0.2) is 45.1 Å². The number of hydrogen-bond donors (Lipinski definition) is 0. The first kappa shape index (κ1) is 15.8. The van der Waals surface area contributed by atoms with Gasteiger partial charge in [-0.2, -0.15) is 5.26 Å². The highest BCUT2D eigenvalue weighted by atomic mass is 15.3. The number of hydrogen-bond acceptors (Lipinski definition) is 7. The van der Waals surface area contributed by atoms with E-state index in [-0.39, 0.29) is 0 Å². The average Bonchev–Trinajstić information content (AvgIpc) is 3.48. The molecule has 2 aliphatic rings. The highest BCUT2D eigenvalue weighted by Gasteiger charge is 2.36. The van der Waals surface area contributed by atoms with Crippen LogP contribution in [0.25, 0.3) is 0 Å². The average molecular weight is 335 g/mol. The van der Waals surface area contributed by atoms with Gasteiger partial charge in [-0.15, -0.1) is 0 Å². The van der Waals surface area contributed by atoms with E-state index in [2.05, 4.69) is 41.9 Å². The minimum Gasteiger partial charge on any atom is -0.354 e. The second-order valence-electron chi connectivity index (χ2n) is 6.71. The molecule has 1 aliphatic carbocycles. The zero-order valence-corrected chi connectivity index (χ0v) is 14.3. The molecule has 0 aromatic carbocycles. The summed E-state index contributed by atoms with van der Waals surface area (Å²) >= 11 is 0. The van der Waals surface area contributed by atoms with Gasteiger partial charge in [0.15, 0.2) is 11.5 Å². The maximum atomic E-state index is 9.24. The Kier molecular flexibility index (Phi) is 4.18. The number of nitriles is 1. The Morgan fingerprint density at radius 2 is 1.76 bits per heavy atom. The molecule has 3 heterocycles. The largest absolute Gasteiger partial charge is 0.354 e. The Hall–Kier alpha value is -2.75. The zero-order chi connectivity index (χ0) is 17.2. The van der Waals surface area contributed by atoms with E-state index in [4.69, 9.17) is 0 Å². The first-order valence-corrected chi connectivity index (χ1v) is 8.79. The summed E-state index contributed by atoms with van der Waals surface area (Å²) in [6.45, 7) is 3.77. The van der Waals surface area contributed by atoms with Gasteiger partial charge in [0.25, 0.3) is 0 Å². The van der Waals surface area contributed by atoms with Crippen molar-refractivity contribution in [2.75, 3.05) is 22.9 Å². The zero-order valence-electron chi connectivity index (χ0n) is 14.3. The van der Waals surface area contributed by atoms with E-state index in [1.807, 2.05) is 6.92 Å². The molecule has 1 saturated heterocycles. The monoisotopic (exact) mass is 335 g/mol. The van der Waals surface area contributed by atoms with Gasteiger partial charge in [0, 0.05) is 49.3 Å².